The van der Waals surface area contributed by atoms with Crippen molar-refractivity contribution in [1.29, 1.82) is 0 Å². The molecule has 0 radical (unpaired) electrons. The van der Waals surface area contributed by atoms with E-state index in [2.05, 4.69) is 33.0 Å². The number of rotatable bonds is 2. The first kappa shape index (κ1) is 10.0. The highest BCUT2D eigenvalue weighted by molar-refractivity contribution is 5.14. The fourth-order valence-electron chi connectivity index (χ4n) is 3.48. The van der Waals surface area contributed by atoms with E-state index in [9.17, 15) is 0 Å². The molecule has 12 heavy (non-hydrogen) atoms. The maximum atomic E-state index is 5.51. The second-order valence-electron chi connectivity index (χ2n) is 4.98. The minimum Gasteiger partial charge on any atom is -0.380 e. The fourth-order valence-corrected chi connectivity index (χ4v) is 3.48. The van der Waals surface area contributed by atoms with E-state index in [1.807, 2.05) is 7.05 Å². The monoisotopic (exact) mass is 171 g/mol. The molecule has 1 N–H and O–H groups in total. The predicted molar refractivity (Wildman–Crippen MR) is 51.2 cm³/mol. The largest absolute Gasteiger partial charge is 0.380 e. The van der Waals surface area contributed by atoms with Gasteiger partial charge in [0.25, 0.3) is 0 Å². The van der Waals surface area contributed by atoms with Gasteiger partial charge in [-0.25, -0.2) is 0 Å². The molecule has 0 heterocycles. The van der Waals surface area contributed by atoms with Crippen molar-refractivity contribution in [3.05, 3.63) is 0 Å². The van der Waals surface area contributed by atoms with Crippen molar-refractivity contribution in [3.8, 4) is 0 Å². The molecule has 72 valence electrons. The van der Waals surface area contributed by atoms with Gasteiger partial charge in [0.2, 0.25) is 0 Å². The average molecular weight is 171 g/mol. The molecule has 0 aromatic carbocycles. The number of ether oxygens (including phenoxy) is 1. The highest BCUT2D eigenvalue weighted by atomic mass is 16.5. The lowest BCUT2D eigenvalue weighted by Crippen LogP contribution is -2.72. The van der Waals surface area contributed by atoms with E-state index in [0.29, 0.717) is 12.1 Å². The van der Waals surface area contributed by atoms with Crippen molar-refractivity contribution in [2.45, 2.75) is 39.8 Å². The lowest BCUT2D eigenvalue weighted by molar-refractivity contribution is -0.196. The third kappa shape index (κ3) is 1.01. The van der Waals surface area contributed by atoms with Crippen molar-refractivity contribution >= 4 is 0 Å². The molecule has 1 aliphatic carbocycles. The summed E-state index contributed by atoms with van der Waals surface area (Å²) in [6.07, 6.45) is 0.363. The van der Waals surface area contributed by atoms with Crippen LogP contribution < -0.4 is 5.32 Å². The van der Waals surface area contributed by atoms with Gasteiger partial charge in [-0.3, -0.25) is 0 Å². The fraction of sp³-hybridized carbons (Fsp3) is 1.00. The molecular formula is C10H21NO. The summed E-state index contributed by atoms with van der Waals surface area (Å²) in [6, 6.07) is 0.551. The Morgan fingerprint density at radius 1 is 1.08 bits per heavy atom. The van der Waals surface area contributed by atoms with Gasteiger partial charge in [-0.05, 0) is 7.05 Å². The van der Waals surface area contributed by atoms with Crippen LogP contribution >= 0.6 is 0 Å². The second-order valence-corrected chi connectivity index (χ2v) is 4.98. The Kier molecular flexibility index (Phi) is 2.26. The summed E-state index contributed by atoms with van der Waals surface area (Å²) >= 11 is 0. The average Bonchev–Trinajstić information content (AvgIpc) is 1.85. The Labute approximate surface area is 75.7 Å². The molecule has 1 saturated carbocycles. The highest BCUT2D eigenvalue weighted by Crippen LogP contribution is 2.54. The Morgan fingerprint density at radius 3 is 1.75 bits per heavy atom. The van der Waals surface area contributed by atoms with Crippen LogP contribution in [0.1, 0.15) is 27.7 Å². The quantitative estimate of drug-likeness (QED) is 0.682. The van der Waals surface area contributed by atoms with Crippen LogP contribution in [0.4, 0.5) is 0 Å². The Hall–Kier alpha value is -0.0800. The van der Waals surface area contributed by atoms with Crippen molar-refractivity contribution < 1.29 is 4.74 Å². The van der Waals surface area contributed by atoms with E-state index in [-0.39, 0.29) is 10.8 Å². The van der Waals surface area contributed by atoms with Crippen molar-refractivity contribution in [2.24, 2.45) is 10.8 Å². The van der Waals surface area contributed by atoms with Gasteiger partial charge < -0.3 is 10.1 Å². The molecule has 0 spiro atoms. The van der Waals surface area contributed by atoms with Crippen LogP contribution in [0.25, 0.3) is 0 Å². The minimum absolute atomic E-state index is 0.257. The number of nitrogens with one attached hydrogen (secondary N) is 1. The molecule has 1 fully saturated rings. The molecule has 2 heteroatoms. The first-order valence-corrected chi connectivity index (χ1v) is 4.59. The maximum Gasteiger partial charge on any atom is 0.0703 e. The summed E-state index contributed by atoms with van der Waals surface area (Å²) in [7, 11) is 3.83. The third-order valence-corrected chi connectivity index (χ3v) is 3.36. The van der Waals surface area contributed by atoms with Crippen LogP contribution in [-0.4, -0.2) is 26.3 Å². The van der Waals surface area contributed by atoms with Crippen LogP contribution in [0.15, 0.2) is 0 Å². The standard InChI is InChI=1S/C10H21NO/c1-9(2)7(11-5)10(3,4)8(9)12-6/h7-8,11H,1-6H3/t7-,8-. The van der Waals surface area contributed by atoms with Gasteiger partial charge in [0, 0.05) is 24.0 Å². The van der Waals surface area contributed by atoms with E-state index in [1.54, 1.807) is 7.11 Å². The lowest BCUT2D eigenvalue weighted by atomic mass is 9.49. The van der Waals surface area contributed by atoms with Gasteiger partial charge in [0.05, 0.1) is 6.10 Å². The summed E-state index contributed by atoms with van der Waals surface area (Å²) < 4.78 is 5.51. The zero-order valence-electron chi connectivity index (χ0n) is 9.06. The molecule has 0 aromatic heterocycles. The number of methoxy groups -OCH3 is 1. The van der Waals surface area contributed by atoms with Crippen LogP contribution in [0, 0.1) is 10.8 Å². The maximum absolute atomic E-state index is 5.51. The Bertz CT molecular complexity index is 143. The molecule has 1 aliphatic rings. The van der Waals surface area contributed by atoms with Gasteiger partial charge >= 0.3 is 0 Å². The van der Waals surface area contributed by atoms with Gasteiger partial charge in [-0.15, -0.1) is 0 Å². The molecule has 0 bridgehead atoms. The summed E-state index contributed by atoms with van der Waals surface area (Å²) in [6.45, 7) is 9.03. The van der Waals surface area contributed by atoms with E-state index in [0.717, 1.165) is 0 Å². The molecule has 0 amide bonds. The van der Waals surface area contributed by atoms with Crippen LogP contribution in [0.2, 0.25) is 0 Å². The van der Waals surface area contributed by atoms with Gasteiger partial charge in [-0.2, -0.15) is 0 Å². The first-order valence-electron chi connectivity index (χ1n) is 4.59. The first-order chi connectivity index (χ1) is 5.39. The van der Waals surface area contributed by atoms with Crippen molar-refractivity contribution in [1.82, 2.24) is 5.32 Å². The highest BCUT2D eigenvalue weighted by Gasteiger charge is 2.61. The van der Waals surface area contributed by atoms with Crippen LogP contribution in [0.3, 0.4) is 0 Å². The molecule has 0 aromatic rings. The van der Waals surface area contributed by atoms with Crippen LogP contribution in [0.5, 0.6) is 0 Å². The van der Waals surface area contributed by atoms with E-state index in [4.69, 9.17) is 4.74 Å². The Morgan fingerprint density at radius 2 is 1.50 bits per heavy atom. The molecule has 0 unspecified atom stereocenters. The molecule has 0 atom stereocenters. The van der Waals surface area contributed by atoms with E-state index in [1.165, 1.54) is 0 Å². The smallest absolute Gasteiger partial charge is 0.0703 e. The number of hydrogen-bond donors (Lipinski definition) is 1. The van der Waals surface area contributed by atoms with Gasteiger partial charge in [-0.1, -0.05) is 27.7 Å². The van der Waals surface area contributed by atoms with Gasteiger partial charge in [0.15, 0.2) is 0 Å². The molecule has 0 aliphatic heterocycles. The minimum atomic E-state index is 0.257. The SMILES string of the molecule is CN[C@H]1C(C)(C)[C@H](OC)C1(C)C. The second kappa shape index (κ2) is 2.71. The summed E-state index contributed by atoms with van der Waals surface area (Å²) in [4.78, 5) is 0. The molecule has 1 rings (SSSR count). The summed E-state index contributed by atoms with van der Waals surface area (Å²) in [5.41, 5.74) is 0.514. The summed E-state index contributed by atoms with van der Waals surface area (Å²) in [5.74, 6) is 0. The normalized spacial score (nSPS) is 37.5. The molecule has 2 nitrogen and oxygen atoms in total. The number of hydrogen-bond acceptors (Lipinski definition) is 2. The Balaban J connectivity index is 2.81. The predicted octanol–water partition coefficient (Wildman–Crippen LogP) is 1.66. The summed E-state index contributed by atoms with van der Waals surface area (Å²) in [5, 5.41) is 3.37. The zero-order chi connectivity index (χ0) is 9.57. The van der Waals surface area contributed by atoms with E-state index >= 15 is 0 Å². The topological polar surface area (TPSA) is 21.3 Å². The van der Waals surface area contributed by atoms with Gasteiger partial charge in [0.1, 0.15) is 0 Å². The third-order valence-electron chi connectivity index (χ3n) is 3.36. The van der Waals surface area contributed by atoms with Crippen molar-refractivity contribution in [3.63, 3.8) is 0 Å². The molecular weight excluding hydrogens is 150 g/mol. The van der Waals surface area contributed by atoms with E-state index < -0.39 is 0 Å². The zero-order valence-corrected chi connectivity index (χ0v) is 9.06. The van der Waals surface area contributed by atoms with Crippen molar-refractivity contribution in [2.75, 3.05) is 14.2 Å². The van der Waals surface area contributed by atoms with Crippen LogP contribution in [-0.2, 0) is 4.74 Å². The lowest BCUT2D eigenvalue weighted by Gasteiger charge is -2.63. The molecule has 0 saturated heterocycles.